The van der Waals surface area contributed by atoms with Gasteiger partial charge in [-0.15, -0.1) is 0 Å². The van der Waals surface area contributed by atoms with Gasteiger partial charge in [0.1, 0.15) is 0 Å². The molecule has 0 aromatic carbocycles. The lowest BCUT2D eigenvalue weighted by Crippen LogP contribution is -2.60. The molecule has 3 rings (SSSR count). The van der Waals surface area contributed by atoms with Crippen LogP contribution in [0.4, 0.5) is 0 Å². The van der Waals surface area contributed by atoms with Crippen LogP contribution in [0.2, 0.25) is 0 Å². The number of ether oxygens (including phenoxy) is 2. The summed E-state index contributed by atoms with van der Waals surface area (Å²) < 4.78 is 13.5. The second-order valence-electron chi connectivity index (χ2n) is 10.2. The molecular formula is C22H40O2. The zero-order chi connectivity index (χ0) is 17.5. The summed E-state index contributed by atoms with van der Waals surface area (Å²) in [6, 6.07) is 0. The number of rotatable bonds is 2. The van der Waals surface area contributed by atoms with Gasteiger partial charge in [-0.05, 0) is 48.9 Å². The Kier molecular flexibility index (Phi) is 5.39. The van der Waals surface area contributed by atoms with Gasteiger partial charge in [0.15, 0.2) is 5.79 Å². The molecule has 3 fully saturated rings. The van der Waals surface area contributed by atoms with E-state index in [0.29, 0.717) is 11.8 Å². The molecule has 0 aromatic rings. The Balaban J connectivity index is 1.79. The summed E-state index contributed by atoms with van der Waals surface area (Å²) in [4.78, 5) is 0. The second kappa shape index (κ2) is 6.91. The molecule has 2 saturated carbocycles. The minimum absolute atomic E-state index is 0.263. The van der Waals surface area contributed by atoms with E-state index in [4.69, 9.17) is 9.47 Å². The van der Waals surface area contributed by atoms with Gasteiger partial charge in [0.2, 0.25) is 0 Å². The molecule has 1 aliphatic heterocycles. The van der Waals surface area contributed by atoms with E-state index in [1.54, 1.807) is 0 Å². The topological polar surface area (TPSA) is 18.5 Å². The van der Waals surface area contributed by atoms with E-state index in [-0.39, 0.29) is 11.2 Å². The maximum absolute atomic E-state index is 6.75. The molecule has 0 bridgehead atoms. The minimum atomic E-state index is -0.292. The third-order valence-electron chi connectivity index (χ3n) is 7.50. The third-order valence-corrected chi connectivity index (χ3v) is 7.50. The van der Waals surface area contributed by atoms with Crippen LogP contribution in [0.3, 0.4) is 0 Å². The van der Waals surface area contributed by atoms with E-state index in [2.05, 4.69) is 41.5 Å². The summed E-state index contributed by atoms with van der Waals surface area (Å²) in [7, 11) is 0. The highest BCUT2D eigenvalue weighted by atomic mass is 16.7. The monoisotopic (exact) mass is 336 g/mol. The first kappa shape index (κ1) is 18.7. The maximum atomic E-state index is 6.75. The van der Waals surface area contributed by atoms with Crippen molar-refractivity contribution in [2.24, 2.45) is 40.9 Å². The SMILES string of the molecule is CC1CCC(C(C)C)C2(COC3(CC(C)CCC3C(C)C)OC2)C1. The summed E-state index contributed by atoms with van der Waals surface area (Å²) in [5.74, 6) is 3.92. The minimum Gasteiger partial charge on any atom is -0.349 e. The van der Waals surface area contributed by atoms with Gasteiger partial charge in [0, 0.05) is 17.8 Å². The Labute approximate surface area is 150 Å². The highest BCUT2D eigenvalue weighted by Crippen LogP contribution is 2.54. The number of hydrogen-bond acceptors (Lipinski definition) is 2. The molecule has 2 heteroatoms. The van der Waals surface area contributed by atoms with E-state index >= 15 is 0 Å². The molecule has 4 atom stereocenters. The summed E-state index contributed by atoms with van der Waals surface area (Å²) >= 11 is 0. The van der Waals surface area contributed by atoms with Crippen LogP contribution >= 0.6 is 0 Å². The lowest BCUT2D eigenvalue weighted by atomic mass is 9.60. The summed E-state index contributed by atoms with van der Waals surface area (Å²) in [6.07, 6.45) is 7.69. The van der Waals surface area contributed by atoms with Crippen LogP contribution in [-0.4, -0.2) is 19.0 Å². The summed E-state index contributed by atoms with van der Waals surface area (Å²) in [5.41, 5.74) is 0.263. The van der Waals surface area contributed by atoms with Gasteiger partial charge in [-0.3, -0.25) is 0 Å². The van der Waals surface area contributed by atoms with Crippen LogP contribution in [0.15, 0.2) is 0 Å². The molecule has 2 aliphatic carbocycles. The number of hydrogen-bond donors (Lipinski definition) is 0. The van der Waals surface area contributed by atoms with Crippen LogP contribution in [0, 0.1) is 40.9 Å². The first-order valence-corrected chi connectivity index (χ1v) is 10.6. The fraction of sp³-hybridized carbons (Fsp3) is 1.00. The average molecular weight is 337 g/mol. The van der Waals surface area contributed by atoms with Crippen LogP contribution in [-0.2, 0) is 9.47 Å². The first-order valence-electron chi connectivity index (χ1n) is 10.6. The molecule has 1 saturated heterocycles. The molecule has 0 amide bonds. The van der Waals surface area contributed by atoms with Gasteiger partial charge in [0.25, 0.3) is 0 Å². The Morgan fingerprint density at radius 2 is 1.21 bits per heavy atom. The van der Waals surface area contributed by atoms with Crippen molar-refractivity contribution in [3.8, 4) is 0 Å². The highest BCUT2D eigenvalue weighted by Gasteiger charge is 2.55. The molecule has 24 heavy (non-hydrogen) atoms. The van der Waals surface area contributed by atoms with Gasteiger partial charge in [-0.25, -0.2) is 0 Å². The van der Waals surface area contributed by atoms with Crippen molar-refractivity contribution in [1.29, 1.82) is 0 Å². The quantitative estimate of drug-likeness (QED) is 0.625. The van der Waals surface area contributed by atoms with Crippen LogP contribution in [0.1, 0.15) is 80.1 Å². The van der Waals surface area contributed by atoms with E-state index in [0.717, 1.165) is 43.3 Å². The van der Waals surface area contributed by atoms with Crippen molar-refractivity contribution in [2.75, 3.05) is 13.2 Å². The summed E-state index contributed by atoms with van der Waals surface area (Å²) in [6.45, 7) is 16.1. The summed E-state index contributed by atoms with van der Waals surface area (Å²) in [5, 5.41) is 0. The molecule has 0 N–H and O–H groups in total. The molecule has 4 unspecified atom stereocenters. The predicted molar refractivity (Wildman–Crippen MR) is 99.8 cm³/mol. The van der Waals surface area contributed by atoms with Crippen LogP contribution in [0.5, 0.6) is 0 Å². The third kappa shape index (κ3) is 3.30. The van der Waals surface area contributed by atoms with Crippen molar-refractivity contribution >= 4 is 0 Å². The smallest absolute Gasteiger partial charge is 0.171 e. The van der Waals surface area contributed by atoms with E-state index in [1.807, 2.05) is 0 Å². The van der Waals surface area contributed by atoms with Crippen molar-refractivity contribution in [1.82, 2.24) is 0 Å². The van der Waals surface area contributed by atoms with Gasteiger partial charge in [0.05, 0.1) is 13.2 Å². The zero-order valence-corrected chi connectivity index (χ0v) is 16.9. The maximum Gasteiger partial charge on any atom is 0.171 e. The highest BCUT2D eigenvalue weighted by molar-refractivity contribution is 4.99. The fourth-order valence-electron chi connectivity index (χ4n) is 6.30. The van der Waals surface area contributed by atoms with Gasteiger partial charge in [-0.1, -0.05) is 54.4 Å². The average Bonchev–Trinajstić information content (AvgIpc) is 2.50. The Hall–Kier alpha value is -0.0800. The second-order valence-corrected chi connectivity index (χ2v) is 10.2. The standard InChI is InChI=1S/C22H40O2/c1-15(2)19-9-7-17(5)11-21(19)13-23-22(24-14-21)12-18(6)8-10-20(22)16(3)4/h15-20H,7-14H2,1-6H3. The fourth-order valence-corrected chi connectivity index (χ4v) is 6.30. The van der Waals surface area contributed by atoms with Crippen molar-refractivity contribution in [3.63, 3.8) is 0 Å². The molecule has 2 spiro atoms. The molecule has 140 valence electrons. The van der Waals surface area contributed by atoms with Crippen molar-refractivity contribution in [3.05, 3.63) is 0 Å². The van der Waals surface area contributed by atoms with Crippen molar-refractivity contribution < 1.29 is 9.47 Å². The Bertz CT molecular complexity index is 380. The molecule has 0 aromatic heterocycles. The van der Waals surface area contributed by atoms with E-state index < -0.39 is 0 Å². The van der Waals surface area contributed by atoms with Crippen LogP contribution in [0.25, 0.3) is 0 Å². The molecule has 3 aliphatic rings. The van der Waals surface area contributed by atoms with E-state index in [9.17, 15) is 0 Å². The normalized spacial score (nSPS) is 47.0. The Morgan fingerprint density at radius 3 is 1.75 bits per heavy atom. The predicted octanol–water partition coefficient (Wildman–Crippen LogP) is 5.90. The molecular weight excluding hydrogens is 296 g/mol. The van der Waals surface area contributed by atoms with Gasteiger partial charge < -0.3 is 9.47 Å². The largest absolute Gasteiger partial charge is 0.349 e. The molecule has 2 nitrogen and oxygen atoms in total. The van der Waals surface area contributed by atoms with Gasteiger partial charge >= 0.3 is 0 Å². The molecule has 0 radical (unpaired) electrons. The molecule has 1 heterocycles. The van der Waals surface area contributed by atoms with Crippen molar-refractivity contribution in [2.45, 2.75) is 85.9 Å². The van der Waals surface area contributed by atoms with Crippen LogP contribution < -0.4 is 0 Å². The first-order chi connectivity index (χ1) is 11.3. The lowest BCUT2D eigenvalue weighted by molar-refractivity contribution is -0.358. The lowest BCUT2D eigenvalue weighted by Gasteiger charge is -2.57. The van der Waals surface area contributed by atoms with Gasteiger partial charge in [-0.2, -0.15) is 0 Å². The van der Waals surface area contributed by atoms with E-state index in [1.165, 1.54) is 32.1 Å². The zero-order valence-electron chi connectivity index (χ0n) is 16.9. The Morgan fingerprint density at radius 1 is 0.708 bits per heavy atom.